The molecule has 1 aromatic carbocycles. The number of anilines is 1. The van der Waals surface area contributed by atoms with Gasteiger partial charge in [0.05, 0.1) is 6.04 Å². The van der Waals surface area contributed by atoms with Crippen molar-refractivity contribution in [2.45, 2.75) is 32.4 Å². The molecule has 3 rings (SSSR count). The standard InChI is InChI=1S/C16H21N3S/c1-13(16-17-7-10-20-16)18-15-6-4-5-14(11-15)12-19-8-2-3-9-19/h4-7,10-11,13,18H,2-3,8-9,12H2,1H3. The van der Waals surface area contributed by atoms with Gasteiger partial charge in [0.2, 0.25) is 0 Å². The molecule has 2 aromatic rings. The van der Waals surface area contributed by atoms with Gasteiger partial charge in [0.15, 0.2) is 0 Å². The Labute approximate surface area is 124 Å². The lowest BCUT2D eigenvalue weighted by Crippen LogP contribution is -2.18. The van der Waals surface area contributed by atoms with Crippen LogP contribution < -0.4 is 5.32 Å². The Bertz CT molecular complexity index is 532. The molecule has 0 aliphatic carbocycles. The molecule has 0 amide bonds. The van der Waals surface area contributed by atoms with Crippen molar-refractivity contribution < 1.29 is 0 Å². The molecule has 1 unspecified atom stereocenters. The van der Waals surface area contributed by atoms with Crippen LogP contribution in [0.5, 0.6) is 0 Å². The van der Waals surface area contributed by atoms with E-state index < -0.39 is 0 Å². The first-order chi connectivity index (χ1) is 9.81. The lowest BCUT2D eigenvalue weighted by atomic mass is 10.2. The fourth-order valence-corrected chi connectivity index (χ4v) is 3.36. The van der Waals surface area contributed by atoms with Crippen molar-refractivity contribution in [2.24, 2.45) is 0 Å². The molecule has 1 aliphatic rings. The molecule has 1 N–H and O–H groups in total. The third-order valence-electron chi connectivity index (χ3n) is 3.74. The average Bonchev–Trinajstić information content (AvgIpc) is 3.12. The molecule has 4 heteroatoms. The second-order valence-corrected chi connectivity index (χ2v) is 6.35. The Kier molecular flexibility index (Phi) is 4.33. The van der Waals surface area contributed by atoms with Gasteiger partial charge < -0.3 is 5.32 Å². The van der Waals surface area contributed by atoms with Gasteiger partial charge in [-0.1, -0.05) is 12.1 Å². The zero-order chi connectivity index (χ0) is 13.8. The molecule has 1 fully saturated rings. The molecule has 1 aromatic heterocycles. The van der Waals surface area contributed by atoms with Crippen LogP contribution in [0.1, 0.15) is 36.4 Å². The number of hydrogen-bond donors (Lipinski definition) is 1. The minimum Gasteiger partial charge on any atom is -0.376 e. The fourth-order valence-electron chi connectivity index (χ4n) is 2.72. The summed E-state index contributed by atoms with van der Waals surface area (Å²) in [4.78, 5) is 6.90. The first kappa shape index (κ1) is 13.6. The Morgan fingerprint density at radius 2 is 2.20 bits per heavy atom. The van der Waals surface area contributed by atoms with E-state index in [1.807, 2.05) is 11.6 Å². The van der Waals surface area contributed by atoms with Crippen LogP contribution in [-0.4, -0.2) is 23.0 Å². The van der Waals surface area contributed by atoms with Crippen molar-refractivity contribution in [1.82, 2.24) is 9.88 Å². The van der Waals surface area contributed by atoms with Gasteiger partial charge in [-0.25, -0.2) is 4.98 Å². The molecule has 3 nitrogen and oxygen atoms in total. The summed E-state index contributed by atoms with van der Waals surface area (Å²) in [5, 5.41) is 6.70. The highest BCUT2D eigenvalue weighted by Gasteiger charge is 2.12. The maximum Gasteiger partial charge on any atom is 0.115 e. The predicted molar refractivity (Wildman–Crippen MR) is 85.1 cm³/mol. The van der Waals surface area contributed by atoms with Gasteiger partial charge in [0.25, 0.3) is 0 Å². The van der Waals surface area contributed by atoms with Crippen LogP contribution >= 0.6 is 11.3 Å². The summed E-state index contributed by atoms with van der Waals surface area (Å²) in [6.07, 6.45) is 4.56. The Morgan fingerprint density at radius 3 is 2.95 bits per heavy atom. The second kappa shape index (κ2) is 6.37. The van der Waals surface area contributed by atoms with Crippen molar-refractivity contribution in [3.8, 4) is 0 Å². The van der Waals surface area contributed by atoms with Crippen LogP contribution in [0, 0.1) is 0 Å². The molecule has 2 heterocycles. The van der Waals surface area contributed by atoms with Crippen LogP contribution in [0.2, 0.25) is 0 Å². The highest BCUT2D eigenvalue weighted by Crippen LogP contribution is 2.22. The Morgan fingerprint density at radius 1 is 1.35 bits per heavy atom. The SMILES string of the molecule is CC(Nc1cccc(CN2CCCC2)c1)c1nccs1. The first-order valence-corrected chi connectivity index (χ1v) is 8.16. The van der Waals surface area contributed by atoms with E-state index in [1.54, 1.807) is 11.3 Å². The normalized spacial score (nSPS) is 17.2. The molecular formula is C16H21N3S. The number of rotatable bonds is 5. The molecule has 1 saturated heterocycles. The minimum absolute atomic E-state index is 0.261. The molecular weight excluding hydrogens is 266 g/mol. The van der Waals surface area contributed by atoms with E-state index >= 15 is 0 Å². The van der Waals surface area contributed by atoms with Crippen molar-refractivity contribution in [1.29, 1.82) is 0 Å². The zero-order valence-corrected chi connectivity index (χ0v) is 12.7. The number of benzene rings is 1. The molecule has 0 bridgehead atoms. The quantitative estimate of drug-likeness (QED) is 0.903. The van der Waals surface area contributed by atoms with E-state index in [0.29, 0.717) is 0 Å². The third-order valence-corrected chi connectivity index (χ3v) is 4.70. The third kappa shape index (κ3) is 3.38. The van der Waals surface area contributed by atoms with Gasteiger partial charge in [0.1, 0.15) is 5.01 Å². The van der Waals surface area contributed by atoms with Gasteiger partial charge in [0, 0.05) is 23.8 Å². The second-order valence-electron chi connectivity index (χ2n) is 5.42. The van der Waals surface area contributed by atoms with Crippen LogP contribution in [0.15, 0.2) is 35.8 Å². The van der Waals surface area contributed by atoms with E-state index in [1.165, 1.54) is 37.2 Å². The van der Waals surface area contributed by atoms with Gasteiger partial charge in [-0.2, -0.15) is 0 Å². The van der Waals surface area contributed by atoms with Crippen molar-refractivity contribution in [2.75, 3.05) is 18.4 Å². The summed E-state index contributed by atoms with van der Waals surface area (Å²) in [5.74, 6) is 0. The number of likely N-dealkylation sites (tertiary alicyclic amines) is 1. The maximum absolute atomic E-state index is 4.37. The van der Waals surface area contributed by atoms with E-state index in [0.717, 1.165) is 11.6 Å². The molecule has 106 valence electrons. The summed E-state index contributed by atoms with van der Waals surface area (Å²) < 4.78 is 0. The van der Waals surface area contributed by atoms with Crippen LogP contribution in [0.4, 0.5) is 5.69 Å². The highest BCUT2D eigenvalue weighted by atomic mass is 32.1. The van der Waals surface area contributed by atoms with Gasteiger partial charge in [-0.3, -0.25) is 4.90 Å². The lowest BCUT2D eigenvalue weighted by molar-refractivity contribution is 0.331. The molecule has 1 aliphatic heterocycles. The van der Waals surface area contributed by atoms with Crippen LogP contribution in [0.3, 0.4) is 0 Å². The number of thiazole rings is 1. The van der Waals surface area contributed by atoms with Gasteiger partial charge in [-0.05, 0) is 50.6 Å². The summed E-state index contributed by atoms with van der Waals surface area (Å²) in [6, 6.07) is 9.02. The monoisotopic (exact) mass is 287 g/mol. The number of nitrogens with zero attached hydrogens (tertiary/aromatic N) is 2. The summed E-state index contributed by atoms with van der Waals surface area (Å²) >= 11 is 1.70. The minimum atomic E-state index is 0.261. The predicted octanol–water partition coefficient (Wildman–Crippen LogP) is 3.91. The Balaban J connectivity index is 1.64. The summed E-state index contributed by atoms with van der Waals surface area (Å²) in [7, 11) is 0. The smallest absolute Gasteiger partial charge is 0.115 e. The molecule has 0 saturated carbocycles. The van der Waals surface area contributed by atoms with Gasteiger partial charge >= 0.3 is 0 Å². The Hall–Kier alpha value is -1.39. The number of hydrogen-bond acceptors (Lipinski definition) is 4. The largest absolute Gasteiger partial charge is 0.376 e. The summed E-state index contributed by atoms with van der Waals surface area (Å²) in [5.41, 5.74) is 2.58. The van der Waals surface area contributed by atoms with E-state index in [9.17, 15) is 0 Å². The van der Waals surface area contributed by atoms with E-state index in [2.05, 4.69) is 46.4 Å². The molecule has 1 atom stereocenters. The van der Waals surface area contributed by atoms with Crippen molar-refractivity contribution >= 4 is 17.0 Å². The van der Waals surface area contributed by atoms with Crippen LogP contribution in [-0.2, 0) is 6.54 Å². The molecule has 0 spiro atoms. The first-order valence-electron chi connectivity index (χ1n) is 7.28. The number of aromatic nitrogens is 1. The molecule has 0 radical (unpaired) electrons. The van der Waals surface area contributed by atoms with E-state index in [4.69, 9.17) is 0 Å². The van der Waals surface area contributed by atoms with E-state index in [-0.39, 0.29) is 6.04 Å². The summed E-state index contributed by atoms with van der Waals surface area (Å²) in [6.45, 7) is 5.72. The topological polar surface area (TPSA) is 28.2 Å². The number of nitrogens with one attached hydrogen (secondary N) is 1. The molecule has 20 heavy (non-hydrogen) atoms. The van der Waals surface area contributed by atoms with Crippen LogP contribution in [0.25, 0.3) is 0 Å². The van der Waals surface area contributed by atoms with Crippen molar-refractivity contribution in [3.63, 3.8) is 0 Å². The highest BCUT2D eigenvalue weighted by molar-refractivity contribution is 7.09. The van der Waals surface area contributed by atoms with Crippen molar-refractivity contribution in [3.05, 3.63) is 46.4 Å². The zero-order valence-electron chi connectivity index (χ0n) is 11.9. The fraction of sp³-hybridized carbons (Fsp3) is 0.438. The lowest BCUT2D eigenvalue weighted by Gasteiger charge is -2.17. The maximum atomic E-state index is 4.37. The van der Waals surface area contributed by atoms with Gasteiger partial charge in [-0.15, -0.1) is 11.3 Å². The average molecular weight is 287 g/mol.